The topological polar surface area (TPSA) is 27.7 Å². The van der Waals surface area contributed by atoms with Crippen LogP contribution < -0.4 is 0 Å². The van der Waals surface area contributed by atoms with E-state index in [9.17, 15) is 0 Å². The van der Waals surface area contributed by atoms with Crippen molar-refractivity contribution in [2.45, 2.75) is 31.3 Å². The van der Waals surface area contributed by atoms with E-state index in [0.717, 1.165) is 12.0 Å². The fourth-order valence-electron chi connectivity index (χ4n) is 3.25. The molecule has 1 aliphatic heterocycles. The lowest BCUT2D eigenvalue weighted by Crippen LogP contribution is -2.47. The van der Waals surface area contributed by atoms with Crippen LogP contribution in [0.15, 0.2) is 66.7 Å². The Labute approximate surface area is 130 Å². The van der Waals surface area contributed by atoms with Crippen molar-refractivity contribution in [1.82, 2.24) is 0 Å². The maximum atomic E-state index is 6.00. The van der Waals surface area contributed by atoms with E-state index >= 15 is 0 Å². The van der Waals surface area contributed by atoms with Gasteiger partial charge in [0.25, 0.3) is 0 Å². The van der Waals surface area contributed by atoms with Gasteiger partial charge in [0.15, 0.2) is 11.9 Å². The number of hydrogen-bond donors (Lipinski definition) is 0. The molecule has 0 N–H and O–H groups in total. The highest BCUT2D eigenvalue weighted by Crippen LogP contribution is 2.49. The molecule has 0 amide bonds. The Bertz CT molecular complexity index is 680. The maximum Gasteiger partial charge on any atom is 0.189 e. The third-order valence-electron chi connectivity index (χ3n) is 4.34. The summed E-state index contributed by atoms with van der Waals surface area (Å²) in [6, 6.07) is 20.5. The predicted octanol–water partition coefficient (Wildman–Crippen LogP) is 4.06. The van der Waals surface area contributed by atoms with Gasteiger partial charge in [0.2, 0.25) is 0 Å². The Morgan fingerprint density at radius 3 is 2.36 bits per heavy atom. The van der Waals surface area contributed by atoms with Crippen LogP contribution in [0, 0.1) is 0 Å². The van der Waals surface area contributed by atoms with Gasteiger partial charge in [-0.25, -0.2) is 9.78 Å². The molecule has 4 rings (SSSR count). The Kier molecular flexibility index (Phi) is 3.34. The molecule has 22 heavy (non-hydrogen) atoms. The Morgan fingerprint density at radius 2 is 1.64 bits per heavy atom. The van der Waals surface area contributed by atoms with Gasteiger partial charge in [0.1, 0.15) is 6.10 Å². The summed E-state index contributed by atoms with van der Waals surface area (Å²) in [7, 11) is 0. The van der Waals surface area contributed by atoms with Crippen LogP contribution in [0.25, 0.3) is 5.57 Å². The molecule has 1 saturated heterocycles. The van der Waals surface area contributed by atoms with Crippen molar-refractivity contribution in [3.8, 4) is 0 Å². The molecule has 0 radical (unpaired) electrons. The third-order valence-corrected chi connectivity index (χ3v) is 4.34. The summed E-state index contributed by atoms with van der Waals surface area (Å²) in [6.45, 7) is 1.85. The van der Waals surface area contributed by atoms with Crippen LogP contribution in [0.2, 0.25) is 0 Å². The van der Waals surface area contributed by atoms with E-state index in [1.165, 1.54) is 11.1 Å². The molecule has 1 fully saturated rings. The van der Waals surface area contributed by atoms with Crippen LogP contribution in [0.1, 0.15) is 24.5 Å². The number of benzene rings is 2. The number of ether oxygens (including phenoxy) is 1. The quantitative estimate of drug-likeness (QED) is 0.782. The van der Waals surface area contributed by atoms with E-state index in [1.54, 1.807) is 0 Å². The highest BCUT2D eigenvalue weighted by Gasteiger charge is 2.51. The van der Waals surface area contributed by atoms with Gasteiger partial charge in [-0.15, -0.1) is 0 Å². The summed E-state index contributed by atoms with van der Waals surface area (Å²) in [5, 5.41) is 0. The Hall–Kier alpha value is -1.94. The summed E-state index contributed by atoms with van der Waals surface area (Å²) in [4.78, 5) is 11.2. The average molecular weight is 294 g/mol. The minimum atomic E-state index is -0.598. The van der Waals surface area contributed by atoms with Gasteiger partial charge in [0, 0.05) is 6.42 Å². The number of hydrogen-bond acceptors (Lipinski definition) is 3. The predicted molar refractivity (Wildman–Crippen MR) is 83.7 cm³/mol. The average Bonchev–Trinajstić information content (AvgIpc) is 2.96. The molecule has 2 aromatic carbocycles. The van der Waals surface area contributed by atoms with Crippen molar-refractivity contribution >= 4 is 5.57 Å². The second-order valence-electron chi connectivity index (χ2n) is 5.79. The van der Waals surface area contributed by atoms with Gasteiger partial charge in [-0.05, 0) is 29.7 Å². The normalized spacial score (nSPS) is 30.7. The summed E-state index contributed by atoms with van der Waals surface area (Å²) < 4.78 is 6.00. The molecule has 112 valence electrons. The minimum Gasteiger partial charge on any atom is -0.339 e. The summed E-state index contributed by atoms with van der Waals surface area (Å²) >= 11 is 0. The summed E-state index contributed by atoms with van der Waals surface area (Å²) in [6.07, 6.45) is 2.39. The van der Waals surface area contributed by atoms with Crippen LogP contribution in [-0.2, 0) is 20.1 Å². The van der Waals surface area contributed by atoms with Gasteiger partial charge in [-0.2, -0.15) is 0 Å². The monoisotopic (exact) mass is 294 g/mol. The van der Waals surface area contributed by atoms with Crippen molar-refractivity contribution in [3.63, 3.8) is 0 Å². The standard InChI is InChI=1S/C19H18O3/c1-14-20-18-12-16(15-8-4-2-5-9-15)13-19(18,22-21-14)17-10-6-3-7-11-17/h2-12,14,18H,13H2,1H3/t14?,18-,19-/m0/s1. The molecule has 0 spiro atoms. The maximum absolute atomic E-state index is 6.00. The zero-order valence-corrected chi connectivity index (χ0v) is 12.4. The first-order chi connectivity index (χ1) is 10.8. The van der Waals surface area contributed by atoms with E-state index in [1.807, 2.05) is 43.3 Å². The van der Waals surface area contributed by atoms with Crippen LogP contribution in [-0.4, -0.2) is 12.4 Å². The van der Waals surface area contributed by atoms with Crippen molar-refractivity contribution in [2.75, 3.05) is 0 Å². The van der Waals surface area contributed by atoms with E-state index in [4.69, 9.17) is 14.5 Å². The van der Waals surface area contributed by atoms with E-state index in [2.05, 4.69) is 30.3 Å². The second kappa shape index (κ2) is 5.36. The first-order valence-electron chi connectivity index (χ1n) is 7.59. The molecule has 1 aliphatic carbocycles. The lowest BCUT2D eigenvalue weighted by atomic mass is 9.87. The fourth-order valence-corrected chi connectivity index (χ4v) is 3.25. The fraction of sp³-hybridized carbons (Fsp3) is 0.263. The largest absolute Gasteiger partial charge is 0.339 e. The van der Waals surface area contributed by atoms with Crippen molar-refractivity contribution in [2.24, 2.45) is 0 Å². The Balaban J connectivity index is 1.75. The zero-order valence-electron chi connectivity index (χ0n) is 12.4. The number of fused-ring (bicyclic) bond motifs is 1. The highest BCUT2D eigenvalue weighted by atomic mass is 17.2. The van der Waals surface area contributed by atoms with Gasteiger partial charge < -0.3 is 4.74 Å². The van der Waals surface area contributed by atoms with Crippen LogP contribution >= 0.6 is 0 Å². The molecule has 1 unspecified atom stereocenters. The molecule has 0 bridgehead atoms. The molecular formula is C19H18O3. The Morgan fingerprint density at radius 1 is 0.955 bits per heavy atom. The van der Waals surface area contributed by atoms with Gasteiger partial charge in [-0.3, -0.25) is 0 Å². The van der Waals surface area contributed by atoms with Crippen molar-refractivity contribution in [1.29, 1.82) is 0 Å². The van der Waals surface area contributed by atoms with E-state index < -0.39 is 5.60 Å². The van der Waals surface area contributed by atoms with E-state index in [-0.39, 0.29) is 12.4 Å². The first-order valence-corrected chi connectivity index (χ1v) is 7.59. The summed E-state index contributed by atoms with van der Waals surface area (Å²) in [5.74, 6) is 0. The van der Waals surface area contributed by atoms with Crippen molar-refractivity contribution < 1.29 is 14.5 Å². The molecule has 2 aliphatic rings. The minimum absolute atomic E-state index is 0.145. The van der Waals surface area contributed by atoms with Crippen LogP contribution in [0.4, 0.5) is 0 Å². The lowest BCUT2D eigenvalue weighted by molar-refractivity contribution is -0.482. The van der Waals surface area contributed by atoms with E-state index in [0.29, 0.717) is 0 Å². The van der Waals surface area contributed by atoms with Gasteiger partial charge in [0.05, 0.1) is 0 Å². The summed E-state index contributed by atoms with van der Waals surface area (Å²) in [5.41, 5.74) is 2.91. The molecule has 3 nitrogen and oxygen atoms in total. The molecule has 0 aromatic heterocycles. The molecular weight excluding hydrogens is 276 g/mol. The SMILES string of the molecule is CC1OO[C@]2(c3ccccc3)CC(c3ccccc3)=C[C@@H]2O1. The zero-order chi connectivity index (χ0) is 15.0. The molecule has 3 heteroatoms. The third kappa shape index (κ3) is 2.18. The van der Waals surface area contributed by atoms with Gasteiger partial charge >= 0.3 is 0 Å². The molecule has 2 aromatic rings. The molecule has 3 atom stereocenters. The molecule has 0 saturated carbocycles. The smallest absolute Gasteiger partial charge is 0.189 e. The number of rotatable bonds is 2. The lowest BCUT2D eigenvalue weighted by Gasteiger charge is -2.40. The highest BCUT2D eigenvalue weighted by molar-refractivity contribution is 5.70. The first kappa shape index (κ1) is 13.7. The van der Waals surface area contributed by atoms with Crippen molar-refractivity contribution in [3.05, 3.63) is 77.9 Å². The van der Waals surface area contributed by atoms with Gasteiger partial charge in [-0.1, -0.05) is 60.7 Å². The second-order valence-corrected chi connectivity index (χ2v) is 5.79. The van der Waals surface area contributed by atoms with Crippen LogP contribution in [0.3, 0.4) is 0 Å². The van der Waals surface area contributed by atoms with Crippen LogP contribution in [0.5, 0.6) is 0 Å². The molecule has 1 heterocycles.